The third-order valence-corrected chi connectivity index (χ3v) is 2.61. The maximum Gasteiger partial charge on any atom is 0.310 e. The van der Waals surface area contributed by atoms with Crippen molar-refractivity contribution in [1.29, 1.82) is 0 Å². The molecule has 0 heterocycles. The zero-order valence-electron chi connectivity index (χ0n) is 12.5. The molecule has 0 aliphatic heterocycles. The second-order valence-electron chi connectivity index (χ2n) is 5.54. The smallest absolute Gasteiger partial charge is 0.310 e. The average Bonchev–Trinajstić information content (AvgIpc) is 2.36. The highest BCUT2D eigenvalue weighted by atomic mass is 16.6. The van der Waals surface area contributed by atoms with E-state index in [1.165, 1.54) is 6.07 Å². The number of hydrogen-bond acceptors (Lipinski definition) is 4. The zero-order valence-corrected chi connectivity index (χ0v) is 12.5. The molecule has 0 fully saturated rings. The Morgan fingerprint density at radius 3 is 2.65 bits per heavy atom. The summed E-state index contributed by atoms with van der Waals surface area (Å²) in [5.41, 5.74) is 0.948. The Morgan fingerprint density at radius 1 is 1.40 bits per heavy atom. The van der Waals surface area contributed by atoms with Crippen molar-refractivity contribution >= 4 is 5.69 Å². The first-order chi connectivity index (χ1) is 9.33. The number of allylic oxidation sites excluding steroid dienone is 1. The van der Waals surface area contributed by atoms with Gasteiger partial charge in [-0.2, -0.15) is 0 Å². The molecule has 5 heteroatoms. The fourth-order valence-corrected chi connectivity index (χ4v) is 1.54. The maximum atomic E-state index is 11.0. The van der Waals surface area contributed by atoms with Crippen molar-refractivity contribution in [1.82, 2.24) is 5.32 Å². The maximum absolute atomic E-state index is 11.0. The van der Waals surface area contributed by atoms with Crippen LogP contribution in [0.5, 0.6) is 5.75 Å². The van der Waals surface area contributed by atoms with Gasteiger partial charge >= 0.3 is 5.69 Å². The van der Waals surface area contributed by atoms with E-state index in [0.717, 1.165) is 5.56 Å². The summed E-state index contributed by atoms with van der Waals surface area (Å²) in [6.07, 6.45) is 3.65. The van der Waals surface area contributed by atoms with Gasteiger partial charge in [-0.05, 0) is 39.3 Å². The van der Waals surface area contributed by atoms with E-state index in [1.807, 2.05) is 19.1 Å². The SMILES string of the molecule is CC=CCOc1cc(CNC(C)(C)C)ccc1[N+](=O)[O-]. The zero-order chi connectivity index (χ0) is 15.2. The molecule has 0 aromatic heterocycles. The van der Waals surface area contributed by atoms with Crippen LogP contribution in [0.25, 0.3) is 0 Å². The molecule has 0 aliphatic carbocycles. The first kappa shape index (κ1) is 16.2. The fraction of sp³-hybridized carbons (Fsp3) is 0.467. The summed E-state index contributed by atoms with van der Waals surface area (Å²) in [6, 6.07) is 4.96. The van der Waals surface area contributed by atoms with Gasteiger partial charge in [-0.25, -0.2) is 0 Å². The van der Waals surface area contributed by atoms with Crippen LogP contribution in [0.1, 0.15) is 33.3 Å². The van der Waals surface area contributed by atoms with Crippen molar-refractivity contribution in [3.05, 3.63) is 46.0 Å². The van der Waals surface area contributed by atoms with Crippen molar-refractivity contribution in [2.45, 2.75) is 39.8 Å². The fourth-order valence-electron chi connectivity index (χ4n) is 1.54. The van der Waals surface area contributed by atoms with Gasteiger partial charge in [0.05, 0.1) is 4.92 Å². The van der Waals surface area contributed by atoms with Crippen molar-refractivity contribution in [2.24, 2.45) is 0 Å². The van der Waals surface area contributed by atoms with Gasteiger partial charge in [0.15, 0.2) is 5.75 Å². The van der Waals surface area contributed by atoms with E-state index < -0.39 is 4.92 Å². The quantitative estimate of drug-likeness (QED) is 0.492. The molecule has 0 aliphatic rings. The van der Waals surface area contributed by atoms with Gasteiger partial charge in [-0.15, -0.1) is 0 Å². The molecule has 110 valence electrons. The minimum atomic E-state index is -0.425. The summed E-state index contributed by atoms with van der Waals surface area (Å²) in [6.45, 7) is 9.06. The summed E-state index contributed by atoms with van der Waals surface area (Å²) < 4.78 is 5.46. The van der Waals surface area contributed by atoms with E-state index in [9.17, 15) is 10.1 Å². The summed E-state index contributed by atoms with van der Waals surface area (Å²) in [4.78, 5) is 10.6. The van der Waals surface area contributed by atoms with Crippen LogP contribution in [0, 0.1) is 10.1 Å². The molecule has 0 saturated heterocycles. The molecule has 5 nitrogen and oxygen atoms in total. The number of nitro benzene ring substituents is 1. The lowest BCUT2D eigenvalue weighted by atomic mass is 10.1. The van der Waals surface area contributed by atoms with Crippen LogP contribution in [0.2, 0.25) is 0 Å². The van der Waals surface area contributed by atoms with E-state index >= 15 is 0 Å². The van der Waals surface area contributed by atoms with Crippen LogP contribution >= 0.6 is 0 Å². The Hall–Kier alpha value is -1.88. The highest BCUT2D eigenvalue weighted by Crippen LogP contribution is 2.28. The van der Waals surface area contributed by atoms with Crippen molar-refractivity contribution in [3.63, 3.8) is 0 Å². The Bertz CT molecular complexity index is 490. The summed E-state index contributed by atoms with van der Waals surface area (Å²) in [7, 11) is 0. The van der Waals surface area contributed by atoms with Crippen molar-refractivity contribution in [2.75, 3.05) is 6.61 Å². The lowest BCUT2D eigenvalue weighted by Gasteiger charge is -2.20. The second kappa shape index (κ2) is 7.05. The van der Waals surface area contributed by atoms with Crippen molar-refractivity contribution < 1.29 is 9.66 Å². The van der Waals surface area contributed by atoms with Gasteiger partial charge in [0.2, 0.25) is 0 Å². The number of rotatable bonds is 6. The largest absolute Gasteiger partial charge is 0.483 e. The molecular weight excluding hydrogens is 256 g/mol. The lowest BCUT2D eigenvalue weighted by molar-refractivity contribution is -0.385. The van der Waals surface area contributed by atoms with Crippen LogP contribution in [0.15, 0.2) is 30.4 Å². The van der Waals surface area contributed by atoms with Crippen LogP contribution in [0.3, 0.4) is 0 Å². The normalized spacial score (nSPS) is 11.8. The molecule has 0 radical (unpaired) electrons. The monoisotopic (exact) mass is 278 g/mol. The molecule has 1 rings (SSSR count). The molecular formula is C15H22N2O3. The average molecular weight is 278 g/mol. The van der Waals surface area contributed by atoms with Gasteiger partial charge in [-0.1, -0.05) is 18.2 Å². The Kier molecular flexibility index (Phi) is 5.70. The predicted octanol–water partition coefficient (Wildman–Crippen LogP) is 3.44. The van der Waals surface area contributed by atoms with Crippen LogP contribution in [0.4, 0.5) is 5.69 Å². The number of nitro groups is 1. The van der Waals surface area contributed by atoms with E-state index in [0.29, 0.717) is 18.9 Å². The molecule has 0 amide bonds. The van der Waals surface area contributed by atoms with Gasteiger partial charge in [0, 0.05) is 18.2 Å². The molecule has 0 unspecified atom stereocenters. The van der Waals surface area contributed by atoms with Gasteiger partial charge in [0.25, 0.3) is 0 Å². The molecule has 1 N–H and O–H groups in total. The summed E-state index contributed by atoms with van der Waals surface area (Å²) in [5, 5.41) is 14.3. The van der Waals surface area contributed by atoms with Gasteiger partial charge in [-0.3, -0.25) is 10.1 Å². The summed E-state index contributed by atoms with van der Waals surface area (Å²) >= 11 is 0. The minimum Gasteiger partial charge on any atom is -0.483 e. The van der Waals surface area contributed by atoms with Gasteiger partial charge < -0.3 is 10.1 Å². The van der Waals surface area contributed by atoms with Crippen LogP contribution in [-0.4, -0.2) is 17.1 Å². The second-order valence-corrected chi connectivity index (χ2v) is 5.54. The number of nitrogens with zero attached hydrogens (tertiary/aromatic N) is 1. The number of hydrogen-bond donors (Lipinski definition) is 1. The first-order valence-electron chi connectivity index (χ1n) is 6.60. The molecule has 0 bridgehead atoms. The van der Waals surface area contributed by atoms with E-state index in [1.54, 1.807) is 12.1 Å². The molecule has 0 atom stereocenters. The molecule has 20 heavy (non-hydrogen) atoms. The highest BCUT2D eigenvalue weighted by Gasteiger charge is 2.16. The number of nitrogens with one attached hydrogen (secondary N) is 1. The van der Waals surface area contributed by atoms with E-state index in [-0.39, 0.29) is 11.2 Å². The van der Waals surface area contributed by atoms with E-state index in [2.05, 4.69) is 26.1 Å². The van der Waals surface area contributed by atoms with Crippen LogP contribution in [-0.2, 0) is 6.54 Å². The topological polar surface area (TPSA) is 64.4 Å². The van der Waals surface area contributed by atoms with Gasteiger partial charge in [0.1, 0.15) is 6.61 Å². The first-order valence-corrected chi connectivity index (χ1v) is 6.60. The molecule has 0 spiro atoms. The lowest BCUT2D eigenvalue weighted by Crippen LogP contribution is -2.35. The van der Waals surface area contributed by atoms with Crippen LogP contribution < -0.4 is 10.1 Å². The minimum absolute atomic E-state index is 0.00554. The summed E-state index contributed by atoms with van der Waals surface area (Å²) in [5.74, 6) is 0.307. The Balaban J connectivity index is 2.89. The molecule has 1 aromatic rings. The van der Waals surface area contributed by atoms with Crippen molar-refractivity contribution in [3.8, 4) is 5.75 Å². The molecule has 0 saturated carbocycles. The Morgan fingerprint density at radius 2 is 2.10 bits per heavy atom. The third kappa shape index (κ3) is 5.40. The predicted molar refractivity (Wildman–Crippen MR) is 80.0 cm³/mol. The molecule has 1 aromatic carbocycles. The number of ether oxygens (including phenoxy) is 1. The highest BCUT2D eigenvalue weighted by molar-refractivity contribution is 5.48. The Labute approximate surface area is 119 Å². The standard InChI is InChI=1S/C15H22N2O3/c1-5-6-9-20-14-10-12(11-16-15(2,3)4)7-8-13(14)17(18)19/h5-8,10,16H,9,11H2,1-4H3. The number of benzene rings is 1. The third-order valence-electron chi connectivity index (χ3n) is 2.61. The van der Waals surface area contributed by atoms with E-state index in [4.69, 9.17) is 4.74 Å².